The molecule has 1 fully saturated rings. The molecule has 6 nitrogen and oxygen atoms in total. The van der Waals surface area contributed by atoms with Crippen molar-refractivity contribution in [3.8, 4) is 0 Å². The maximum Gasteiger partial charge on any atom is 0.326 e. The molecule has 1 aliphatic rings. The third-order valence-corrected chi connectivity index (χ3v) is 4.37. The van der Waals surface area contributed by atoms with E-state index in [4.69, 9.17) is 16.3 Å². The molecule has 1 aromatic rings. The van der Waals surface area contributed by atoms with Crippen LogP contribution in [0, 0.1) is 6.92 Å². The summed E-state index contributed by atoms with van der Waals surface area (Å²) in [5.74, 6) is -1.07. The predicted molar refractivity (Wildman–Crippen MR) is 85.0 cm³/mol. The van der Waals surface area contributed by atoms with Crippen molar-refractivity contribution >= 4 is 29.5 Å². The van der Waals surface area contributed by atoms with E-state index < -0.39 is 30.0 Å². The summed E-state index contributed by atoms with van der Waals surface area (Å²) in [5.41, 5.74) is 0.272. The third kappa shape index (κ3) is 3.03. The van der Waals surface area contributed by atoms with Crippen LogP contribution in [0.2, 0.25) is 5.02 Å². The van der Waals surface area contributed by atoms with Gasteiger partial charge in [0.1, 0.15) is 12.1 Å². The molecule has 0 aromatic heterocycles. The first-order valence-electron chi connectivity index (χ1n) is 7.42. The molecule has 1 atom stereocenters. The standard InChI is InChI=1S/C16H19ClN2O4/c1-4-16(11-6-7-12(17)10(3)8-11)14(21)19(15(22)18-16)9-13(20)23-5-2/h6-8H,4-5,9H2,1-3H3,(H,18,22)/t16-/m0/s1. The quantitative estimate of drug-likeness (QED) is 0.660. The Balaban J connectivity index is 2.36. The number of nitrogens with zero attached hydrogens (tertiary/aromatic N) is 1. The monoisotopic (exact) mass is 338 g/mol. The van der Waals surface area contributed by atoms with E-state index in [-0.39, 0.29) is 6.61 Å². The van der Waals surface area contributed by atoms with Crippen LogP contribution >= 0.6 is 11.6 Å². The largest absolute Gasteiger partial charge is 0.465 e. The van der Waals surface area contributed by atoms with Gasteiger partial charge in [-0.3, -0.25) is 14.5 Å². The fourth-order valence-corrected chi connectivity index (χ4v) is 2.77. The van der Waals surface area contributed by atoms with Gasteiger partial charge in [0.15, 0.2) is 0 Å². The minimum absolute atomic E-state index is 0.192. The Morgan fingerprint density at radius 1 is 1.35 bits per heavy atom. The van der Waals surface area contributed by atoms with Gasteiger partial charge in [-0.05, 0) is 37.5 Å². The first-order valence-corrected chi connectivity index (χ1v) is 7.79. The van der Waals surface area contributed by atoms with E-state index in [0.29, 0.717) is 17.0 Å². The van der Waals surface area contributed by atoms with Crippen molar-refractivity contribution in [3.63, 3.8) is 0 Å². The fourth-order valence-electron chi connectivity index (χ4n) is 2.65. The number of hydrogen-bond acceptors (Lipinski definition) is 4. The van der Waals surface area contributed by atoms with Crippen molar-refractivity contribution in [3.05, 3.63) is 34.3 Å². The van der Waals surface area contributed by atoms with Crippen molar-refractivity contribution < 1.29 is 19.1 Å². The Bertz CT molecular complexity index is 661. The minimum atomic E-state index is -1.18. The van der Waals surface area contributed by atoms with Crippen molar-refractivity contribution in [2.45, 2.75) is 32.7 Å². The first-order chi connectivity index (χ1) is 10.9. The molecule has 0 aliphatic carbocycles. The summed E-state index contributed by atoms with van der Waals surface area (Å²) in [6.07, 6.45) is 0.359. The van der Waals surface area contributed by atoms with Crippen molar-refractivity contribution in [1.82, 2.24) is 10.2 Å². The maximum absolute atomic E-state index is 12.8. The van der Waals surface area contributed by atoms with Crippen molar-refractivity contribution in [1.29, 1.82) is 0 Å². The number of carbonyl (C=O) groups is 3. The Kier molecular flexibility index (Phi) is 4.94. The highest BCUT2D eigenvalue weighted by Crippen LogP contribution is 2.34. The molecule has 0 unspecified atom stereocenters. The Morgan fingerprint density at radius 2 is 2.04 bits per heavy atom. The zero-order valence-corrected chi connectivity index (χ0v) is 14.1. The lowest BCUT2D eigenvalue weighted by molar-refractivity contribution is -0.147. The molecule has 1 aliphatic heterocycles. The number of rotatable bonds is 5. The number of nitrogens with one attached hydrogen (secondary N) is 1. The van der Waals surface area contributed by atoms with Crippen LogP contribution in [0.25, 0.3) is 0 Å². The van der Waals surface area contributed by atoms with Crippen molar-refractivity contribution in [2.75, 3.05) is 13.2 Å². The molecule has 0 bridgehead atoms. The Morgan fingerprint density at radius 3 is 2.61 bits per heavy atom. The molecule has 0 saturated carbocycles. The van der Waals surface area contributed by atoms with Gasteiger partial charge < -0.3 is 10.1 Å². The van der Waals surface area contributed by atoms with Crippen LogP contribution in [0.5, 0.6) is 0 Å². The summed E-state index contributed by atoms with van der Waals surface area (Å²) in [6.45, 7) is 5.09. The average Bonchev–Trinajstić information content (AvgIpc) is 2.75. The normalized spacial score (nSPS) is 20.6. The second kappa shape index (κ2) is 6.58. The number of amides is 3. The van der Waals surface area contributed by atoms with Crippen LogP contribution in [0.4, 0.5) is 4.79 Å². The van der Waals surface area contributed by atoms with E-state index in [1.54, 1.807) is 32.0 Å². The van der Waals surface area contributed by atoms with Crippen LogP contribution in [-0.2, 0) is 19.9 Å². The van der Waals surface area contributed by atoms with Gasteiger partial charge in [-0.25, -0.2) is 4.79 Å². The number of benzene rings is 1. The summed E-state index contributed by atoms with van der Waals surface area (Å²) < 4.78 is 4.81. The molecule has 0 radical (unpaired) electrons. The van der Waals surface area contributed by atoms with Gasteiger partial charge >= 0.3 is 12.0 Å². The van der Waals surface area contributed by atoms with Gasteiger partial charge in [-0.15, -0.1) is 0 Å². The van der Waals surface area contributed by atoms with E-state index >= 15 is 0 Å². The Hall–Kier alpha value is -2.08. The summed E-state index contributed by atoms with van der Waals surface area (Å²) in [5, 5.41) is 3.30. The average molecular weight is 339 g/mol. The van der Waals surface area contributed by atoms with E-state index in [1.807, 2.05) is 6.92 Å². The van der Waals surface area contributed by atoms with Crippen LogP contribution in [0.1, 0.15) is 31.4 Å². The Labute approximate surface area is 139 Å². The lowest BCUT2D eigenvalue weighted by Gasteiger charge is -2.26. The highest BCUT2D eigenvalue weighted by molar-refractivity contribution is 6.31. The van der Waals surface area contributed by atoms with E-state index in [1.165, 1.54) is 0 Å². The fraction of sp³-hybridized carbons (Fsp3) is 0.438. The number of esters is 1. The maximum atomic E-state index is 12.8. The van der Waals surface area contributed by atoms with E-state index in [2.05, 4.69) is 5.32 Å². The number of ether oxygens (including phenoxy) is 1. The molecule has 1 heterocycles. The number of halogens is 1. The molecular weight excluding hydrogens is 320 g/mol. The van der Waals surface area contributed by atoms with E-state index in [0.717, 1.165) is 10.5 Å². The van der Waals surface area contributed by atoms with Crippen LogP contribution in [0.15, 0.2) is 18.2 Å². The molecule has 3 amide bonds. The van der Waals surface area contributed by atoms with Gasteiger partial charge in [-0.1, -0.05) is 30.7 Å². The zero-order valence-electron chi connectivity index (χ0n) is 13.3. The number of urea groups is 1. The summed E-state index contributed by atoms with van der Waals surface area (Å²) in [4.78, 5) is 37.5. The second-order valence-corrected chi connectivity index (χ2v) is 5.76. The summed E-state index contributed by atoms with van der Waals surface area (Å²) >= 11 is 6.03. The molecule has 0 spiro atoms. The van der Waals surface area contributed by atoms with Crippen molar-refractivity contribution in [2.24, 2.45) is 0 Å². The smallest absolute Gasteiger partial charge is 0.326 e. The van der Waals surface area contributed by atoms with Gasteiger partial charge in [0, 0.05) is 5.02 Å². The highest BCUT2D eigenvalue weighted by atomic mass is 35.5. The minimum Gasteiger partial charge on any atom is -0.465 e. The molecule has 124 valence electrons. The number of imide groups is 1. The summed E-state index contributed by atoms with van der Waals surface area (Å²) in [6, 6.07) is 4.58. The zero-order chi connectivity index (χ0) is 17.2. The van der Waals surface area contributed by atoms with Gasteiger partial charge in [0.2, 0.25) is 0 Å². The lowest BCUT2D eigenvalue weighted by Crippen LogP contribution is -2.44. The molecule has 23 heavy (non-hydrogen) atoms. The number of carbonyl (C=O) groups excluding carboxylic acids is 3. The number of hydrogen-bond donors (Lipinski definition) is 1. The third-order valence-electron chi connectivity index (χ3n) is 3.95. The molecular formula is C16H19ClN2O4. The van der Waals surface area contributed by atoms with E-state index in [9.17, 15) is 14.4 Å². The van der Waals surface area contributed by atoms with Gasteiger partial charge in [0.05, 0.1) is 6.61 Å². The molecule has 2 rings (SSSR count). The van der Waals surface area contributed by atoms with Gasteiger partial charge in [0.25, 0.3) is 5.91 Å². The number of aryl methyl sites for hydroxylation is 1. The molecule has 1 saturated heterocycles. The van der Waals surface area contributed by atoms with Crippen LogP contribution in [0.3, 0.4) is 0 Å². The van der Waals surface area contributed by atoms with Crippen LogP contribution < -0.4 is 5.32 Å². The topological polar surface area (TPSA) is 75.7 Å². The van der Waals surface area contributed by atoms with Crippen LogP contribution in [-0.4, -0.2) is 36.0 Å². The SMILES string of the molecule is CCOC(=O)CN1C(=O)N[C@@](CC)(c2ccc(Cl)c(C)c2)C1=O. The highest BCUT2D eigenvalue weighted by Gasteiger charge is 2.51. The summed E-state index contributed by atoms with van der Waals surface area (Å²) in [7, 11) is 0. The first kappa shape index (κ1) is 17.3. The molecule has 1 N–H and O–H groups in total. The predicted octanol–water partition coefficient (Wildman–Crippen LogP) is 2.37. The second-order valence-electron chi connectivity index (χ2n) is 5.35. The molecule has 1 aromatic carbocycles. The van der Waals surface area contributed by atoms with Gasteiger partial charge in [-0.2, -0.15) is 0 Å². The lowest BCUT2D eigenvalue weighted by atomic mass is 9.86. The molecule has 7 heteroatoms.